The highest BCUT2D eigenvalue weighted by molar-refractivity contribution is 6.42. The van der Waals surface area contributed by atoms with Crippen LogP contribution in [0.15, 0.2) is 24.4 Å². The largest absolute Gasteiger partial charge is 0.294 e. The molecule has 2 aromatic rings. The van der Waals surface area contributed by atoms with Crippen molar-refractivity contribution >= 4 is 23.2 Å². The van der Waals surface area contributed by atoms with Crippen LogP contribution in [0.2, 0.25) is 10.0 Å². The highest BCUT2D eigenvalue weighted by atomic mass is 35.5. The maximum absolute atomic E-state index is 6.09. The van der Waals surface area contributed by atoms with Crippen LogP contribution in [-0.2, 0) is 25.9 Å². The second kappa shape index (κ2) is 6.95. The van der Waals surface area contributed by atoms with E-state index in [2.05, 4.69) is 16.8 Å². The molecule has 0 saturated carbocycles. The van der Waals surface area contributed by atoms with Gasteiger partial charge in [0.2, 0.25) is 0 Å². The fourth-order valence-electron chi connectivity index (χ4n) is 2.79. The number of halogens is 2. The summed E-state index contributed by atoms with van der Waals surface area (Å²) in [6, 6.07) is 5.84. The fraction of sp³-hybridized carbons (Fsp3) is 0.412. The predicted octanol–water partition coefficient (Wildman–Crippen LogP) is 4.29. The van der Waals surface area contributed by atoms with E-state index in [1.54, 1.807) is 0 Å². The van der Waals surface area contributed by atoms with Gasteiger partial charge in [0, 0.05) is 49.9 Å². The van der Waals surface area contributed by atoms with E-state index < -0.39 is 0 Å². The van der Waals surface area contributed by atoms with Gasteiger partial charge in [-0.1, -0.05) is 36.2 Å². The van der Waals surface area contributed by atoms with Gasteiger partial charge in [-0.25, -0.2) is 9.97 Å². The van der Waals surface area contributed by atoms with Crippen LogP contribution in [0.5, 0.6) is 0 Å². The normalized spacial score (nSPS) is 14.9. The van der Waals surface area contributed by atoms with E-state index in [-0.39, 0.29) is 0 Å². The molecule has 0 spiro atoms. The summed E-state index contributed by atoms with van der Waals surface area (Å²) in [5.41, 5.74) is 3.64. The molecule has 0 fully saturated rings. The Kier molecular flexibility index (Phi) is 4.97. The Morgan fingerprint density at radius 2 is 2.09 bits per heavy atom. The molecule has 2 heterocycles. The molecule has 0 N–H and O–H groups in total. The maximum atomic E-state index is 6.09. The third-order valence-corrected chi connectivity index (χ3v) is 4.67. The molecule has 3 rings (SSSR count). The van der Waals surface area contributed by atoms with Gasteiger partial charge in [-0.3, -0.25) is 4.90 Å². The lowest BCUT2D eigenvalue weighted by Crippen LogP contribution is -2.31. The summed E-state index contributed by atoms with van der Waals surface area (Å²) in [5, 5.41) is 1.22. The number of hydrogen-bond donors (Lipinski definition) is 0. The van der Waals surface area contributed by atoms with Gasteiger partial charge in [0.25, 0.3) is 0 Å². The average molecular weight is 336 g/mol. The van der Waals surface area contributed by atoms with E-state index in [4.69, 9.17) is 28.2 Å². The fourth-order valence-corrected chi connectivity index (χ4v) is 3.11. The molecule has 1 aliphatic heterocycles. The molecule has 0 amide bonds. The molecule has 0 aliphatic carbocycles. The van der Waals surface area contributed by atoms with Crippen molar-refractivity contribution in [2.45, 2.75) is 39.3 Å². The second-order valence-electron chi connectivity index (χ2n) is 5.72. The molecule has 5 heteroatoms. The molecule has 3 nitrogen and oxygen atoms in total. The highest BCUT2D eigenvalue weighted by Gasteiger charge is 2.18. The van der Waals surface area contributed by atoms with Crippen LogP contribution in [0.25, 0.3) is 0 Å². The van der Waals surface area contributed by atoms with Crippen molar-refractivity contribution in [3.05, 3.63) is 57.1 Å². The zero-order chi connectivity index (χ0) is 15.5. The van der Waals surface area contributed by atoms with Crippen molar-refractivity contribution in [1.82, 2.24) is 14.9 Å². The molecule has 1 aromatic heterocycles. The lowest BCUT2D eigenvalue weighted by Gasteiger charge is -2.28. The van der Waals surface area contributed by atoms with E-state index in [9.17, 15) is 0 Å². The molecule has 0 unspecified atom stereocenters. The van der Waals surface area contributed by atoms with Gasteiger partial charge < -0.3 is 0 Å². The van der Waals surface area contributed by atoms with E-state index in [1.807, 2.05) is 24.4 Å². The van der Waals surface area contributed by atoms with Gasteiger partial charge in [-0.15, -0.1) is 0 Å². The Hall–Kier alpha value is -1.16. The number of nitrogens with zero attached hydrogens (tertiary/aromatic N) is 3. The first kappa shape index (κ1) is 15.7. The van der Waals surface area contributed by atoms with Gasteiger partial charge >= 0.3 is 0 Å². The second-order valence-corrected chi connectivity index (χ2v) is 6.53. The maximum Gasteiger partial charge on any atom is 0.128 e. The third kappa shape index (κ3) is 3.60. The molecule has 0 radical (unpaired) electrons. The van der Waals surface area contributed by atoms with E-state index in [1.165, 1.54) is 16.8 Å². The monoisotopic (exact) mass is 335 g/mol. The Morgan fingerprint density at radius 1 is 1.23 bits per heavy atom. The van der Waals surface area contributed by atoms with Crippen LogP contribution in [0.3, 0.4) is 0 Å². The number of fused-ring (bicyclic) bond motifs is 1. The molecule has 1 aromatic carbocycles. The number of hydrogen-bond acceptors (Lipinski definition) is 3. The molecule has 22 heavy (non-hydrogen) atoms. The van der Waals surface area contributed by atoms with Gasteiger partial charge in [-0.2, -0.15) is 0 Å². The summed E-state index contributed by atoms with van der Waals surface area (Å²) >= 11 is 12.1. The van der Waals surface area contributed by atoms with Crippen molar-refractivity contribution in [3.63, 3.8) is 0 Å². The van der Waals surface area contributed by atoms with E-state index in [0.29, 0.717) is 10.0 Å². The van der Waals surface area contributed by atoms with Gasteiger partial charge in [-0.05, 0) is 24.1 Å². The predicted molar refractivity (Wildman–Crippen MR) is 90.3 cm³/mol. The summed E-state index contributed by atoms with van der Waals surface area (Å²) in [6.45, 7) is 4.92. The average Bonchev–Trinajstić information content (AvgIpc) is 2.51. The first-order valence-corrected chi connectivity index (χ1v) is 8.41. The first-order valence-electron chi connectivity index (χ1n) is 7.65. The minimum absolute atomic E-state index is 0.603. The molecule has 0 atom stereocenters. The minimum Gasteiger partial charge on any atom is -0.294 e. The van der Waals surface area contributed by atoms with Crippen LogP contribution >= 0.6 is 23.2 Å². The lowest BCUT2D eigenvalue weighted by molar-refractivity contribution is 0.242. The highest BCUT2D eigenvalue weighted by Crippen LogP contribution is 2.24. The Balaban J connectivity index is 1.70. The van der Waals surface area contributed by atoms with E-state index >= 15 is 0 Å². The molecule has 0 saturated heterocycles. The summed E-state index contributed by atoms with van der Waals surface area (Å²) in [6.07, 6.45) is 5.02. The van der Waals surface area contributed by atoms with Crippen LogP contribution in [0.4, 0.5) is 0 Å². The van der Waals surface area contributed by atoms with Crippen molar-refractivity contribution in [3.8, 4) is 0 Å². The van der Waals surface area contributed by atoms with Gasteiger partial charge in [0.05, 0.1) is 10.0 Å². The summed E-state index contributed by atoms with van der Waals surface area (Å²) < 4.78 is 0. The molecular weight excluding hydrogens is 317 g/mol. The Bertz CT molecular complexity index is 673. The summed E-state index contributed by atoms with van der Waals surface area (Å²) in [7, 11) is 0. The first-order chi connectivity index (χ1) is 10.7. The van der Waals surface area contributed by atoms with Crippen LogP contribution < -0.4 is 0 Å². The number of rotatable bonds is 4. The zero-order valence-corrected chi connectivity index (χ0v) is 14.2. The summed E-state index contributed by atoms with van der Waals surface area (Å²) in [4.78, 5) is 11.6. The van der Waals surface area contributed by atoms with E-state index in [0.717, 1.165) is 44.7 Å². The van der Waals surface area contributed by atoms with Crippen molar-refractivity contribution < 1.29 is 0 Å². The summed E-state index contributed by atoms with van der Waals surface area (Å²) in [5.74, 6) is 0.971. The Labute approximate surface area is 141 Å². The smallest absolute Gasteiger partial charge is 0.128 e. The van der Waals surface area contributed by atoms with Crippen molar-refractivity contribution in [2.24, 2.45) is 0 Å². The van der Waals surface area contributed by atoms with Crippen molar-refractivity contribution in [2.75, 3.05) is 6.54 Å². The van der Waals surface area contributed by atoms with Crippen molar-refractivity contribution in [1.29, 1.82) is 0 Å². The number of benzene rings is 1. The molecule has 1 aliphatic rings. The quantitative estimate of drug-likeness (QED) is 0.834. The minimum atomic E-state index is 0.603. The Morgan fingerprint density at radius 3 is 2.86 bits per heavy atom. The van der Waals surface area contributed by atoms with Gasteiger partial charge in [0.1, 0.15) is 5.82 Å². The molecular formula is C17H19Cl2N3. The standard InChI is InChI=1S/C17H19Cl2N3/c1-2-3-17-20-9-13-11-22(7-6-16(13)21-17)10-12-4-5-14(18)15(19)8-12/h4-5,8-9H,2-3,6-7,10-11H2,1H3. The SMILES string of the molecule is CCCc1ncc2c(n1)CCN(Cc1ccc(Cl)c(Cl)c1)C2. The van der Waals surface area contributed by atoms with Crippen LogP contribution in [0, 0.1) is 0 Å². The molecule has 116 valence electrons. The lowest BCUT2D eigenvalue weighted by atomic mass is 10.1. The third-order valence-electron chi connectivity index (χ3n) is 3.93. The van der Waals surface area contributed by atoms with Crippen LogP contribution in [-0.4, -0.2) is 21.4 Å². The van der Waals surface area contributed by atoms with Crippen LogP contribution in [0.1, 0.15) is 36.0 Å². The number of aryl methyl sites for hydroxylation is 1. The molecule has 0 bridgehead atoms. The zero-order valence-electron chi connectivity index (χ0n) is 12.6. The number of aromatic nitrogens is 2. The van der Waals surface area contributed by atoms with Gasteiger partial charge in [0.15, 0.2) is 0 Å². The topological polar surface area (TPSA) is 29.0 Å².